The highest BCUT2D eigenvalue weighted by molar-refractivity contribution is 8.02. The number of ketones is 1. The second-order valence-electron chi connectivity index (χ2n) is 4.65. The van der Waals surface area contributed by atoms with Gasteiger partial charge in [-0.25, -0.2) is 4.79 Å². The second kappa shape index (κ2) is 6.49. The van der Waals surface area contributed by atoms with Gasteiger partial charge in [-0.05, 0) is 26.3 Å². The summed E-state index contributed by atoms with van der Waals surface area (Å²) < 4.78 is 5.38. The molecule has 2 aromatic rings. The van der Waals surface area contributed by atoms with E-state index in [9.17, 15) is 9.59 Å². The Balaban J connectivity index is 2.24. The van der Waals surface area contributed by atoms with Gasteiger partial charge in [-0.15, -0.1) is 10.2 Å². The predicted octanol–water partition coefficient (Wildman–Crippen LogP) is 2.22. The Bertz CT molecular complexity index is 723. The van der Waals surface area contributed by atoms with Gasteiger partial charge in [0.2, 0.25) is 5.13 Å². The molecule has 3 N–H and O–H groups in total. The molecule has 0 bridgehead atoms. The number of carbonyl (C=O) groups excluding carboxylic acids is 2. The largest absolute Gasteiger partial charge is 0.465 e. The van der Waals surface area contributed by atoms with Gasteiger partial charge < -0.3 is 15.5 Å². The summed E-state index contributed by atoms with van der Waals surface area (Å²) >= 11 is 2.52. The van der Waals surface area contributed by atoms with Crippen LogP contribution in [0.1, 0.15) is 39.0 Å². The summed E-state index contributed by atoms with van der Waals surface area (Å²) in [4.78, 5) is 27.3. The fourth-order valence-corrected chi connectivity index (χ4v) is 3.92. The van der Waals surface area contributed by atoms with E-state index in [1.807, 2.05) is 0 Å². The van der Waals surface area contributed by atoms with Crippen LogP contribution in [0, 0.1) is 13.8 Å². The number of aromatic nitrogens is 3. The molecular formula is C13H16N4O3S2. The minimum Gasteiger partial charge on any atom is -0.465 e. The Morgan fingerprint density at radius 3 is 2.59 bits per heavy atom. The Kier molecular flexibility index (Phi) is 4.87. The molecule has 2 heterocycles. The van der Waals surface area contributed by atoms with E-state index in [0.29, 0.717) is 32.0 Å². The van der Waals surface area contributed by atoms with Crippen LogP contribution >= 0.6 is 23.1 Å². The van der Waals surface area contributed by atoms with Crippen LogP contribution in [-0.2, 0) is 4.74 Å². The topological polar surface area (TPSA) is 111 Å². The molecule has 118 valence electrons. The number of Topliss-reactive ketones (excluding diaryl/α,β-unsaturated/α-hetero) is 1. The SMILES string of the molecule is COC(=O)c1c(C)[nH]c(C(=O)[C@H](C)Sc2nnc(N)s2)c1C. The lowest BCUT2D eigenvalue weighted by Gasteiger charge is -2.07. The number of nitrogens with one attached hydrogen (secondary N) is 1. The minimum atomic E-state index is -0.456. The fourth-order valence-electron chi connectivity index (χ4n) is 2.08. The molecular weight excluding hydrogens is 324 g/mol. The molecule has 0 spiro atoms. The highest BCUT2D eigenvalue weighted by Crippen LogP contribution is 2.30. The maximum absolute atomic E-state index is 12.6. The van der Waals surface area contributed by atoms with Gasteiger partial charge in [0, 0.05) is 5.69 Å². The first-order chi connectivity index (χ1) is 10.3. The Hall–Kier alpha value is -1.87. The van der Waals surface area contributed by atoms with Crippen molar-refractivity contribution in [3.05, 3.63) is 22.5 Å². The van der Waals surface area contributed by atoms with Crippen LogP contribution in [0.3, 0.4) is 0 Å². The molecule has 2 aromatic heterocycles. The number of nitrogen functional groups attached to an aromatic ring is 1. The Morgan fingerprint density at radius 1 is 1.36 bits per heavy atom. The van der Waals surface area contributed by atoms with Crippen LogP contribution in [-0.4, -0.2) is 39.3 Å². The molecule has 0 radical (unpaired) electrons. The van der Waals surface area contributed by atoms with E-state index in [0.717, 1.165) is 0 Å². The van der Waals surface area contributed by atoms with Gasteiger partial charge in [0.05, 0.1) is 23.6 Å². The monoisotopic (exact) mass is 340 g/mol. The zero-order chi connectivity index (χ0) is 16.4. The van der Waals surface area contributed by atoms with Crippen molar-refractivity contribution in [3.63, 3.8) is 0 Å². The van der Waals surface area contributed by atoms with Crippen molar-refractivity contribution in [3.8, 4) is 0 Å². The van der Waals surface area contributed by atoms with E-state index in [1.165, 1.54) is 30.2 Å². The van der Waals surface area contributed by atoms with Crippen LogP contribution < -0.4 is 5.73 Å². The van der Waals surface area contributed by atoms with Gasteiger partial charge in [0.1, 0.15) is 0 Å². The molecule has 0 aromatic carbocycles. The number of carbonyl (C=O) groups is 2. The van der Waals surface area contributed by atoms with Gasteiger partial charge in [0.25, 0.3) is 0 Å². The standard InChI is InChI=1S/C13H16N4O3S2/c1-5-8(11(19)20-4)6(2)15-9(5)10(18)7(3)21-13-17-16-12(14)22-13/h7,15H,1-4H3,(H2,14,16)/t7-/m0/s1. The first-order valence-corrected chi connectivity index (χ1v) is 8.12. The highest BCUT2D eigenvalue weighted by atomic mass is 32.2. The van der Waals surface area contributed by atoms with Crippen molar-refractivity contribution in [1.29, 1.82) is 0 Å². The summed E-state index contributed by atoms with van der Waals surface area (Å²) in [6.07, 6.45) is 0. The third-order valence-electron chi connectivity index (χ3n) is 3.14. The number of H-pyrrole nitrogens is 1. The number of nitrogens with two attached hydrogens (primary N) is 1. The number of esters is 1. The number of hydrogen-bond acceptors (Lipinski definition) is 8. The van der Waals surface area contributed by atoms with Gasteiger partial charge in [-0.1, -0.05) is 23.1 Å². The molecule has 0 unspecified atom stereocenters. The van der Waals surface area contributed by atoms with E-state index in [4.69, 9.17) is 10.5 Å². The van der Waals surface area contributed by atoms with Gasteiger partial charge >= 0.3 is 5.97 Å². The van der Waals surface area contributed by atoms with Gasteiger partial charge in [0.15, 0.2) is 10.1 Å². The molecule has 0 saturated heterocycles. The van der Waals surface area contributed by atoms with Gasteiger partial charge in [-0.3, -0.25) is 4.79 Å². The third kappa shape index (κ3) is 3.14. The summed E-state index contributed by atoms with van der Waals surface area (Å²) in [5.74, 6) is -0.572. The molecule has 0 fully saturated rings. The van der Waals surface area contributed by atoms with Crippen molar-refractivity contribution in [2.45, 2.75) is 30.4 Å². The number of anilines is 1. The predicted molar refractivity (Wildman–Crippen MR) is 85.6 cm³/mol. The number of nitrogens with zero attached hydrogens (tertiary/aromatic N) is 2. The molecule has 2 rings (SSSR count). The molecule has 0 aliphatic carbocycles. The van der Waals surface area contributed by atoms with Crippen molar-refractivity contribution in [2.75, 3.05) is 12.8 Å². The molecule has 9 heteroatoms. The molecule has 22 heavy (non-hydrogen) atoms. The second-order valence-corrected chi connectivity index (χ2v) is 7.24. The lowest BCUT2D eigenvalue weighted by atomic mass is 10.1. The van der Waals surface area contributed by atoms with E-state index in [1.54, 1.807) is 20.8 Å². The zero-order valence-corrected chi connectivity index (χ0v) is 14.2. The number of methoxy groups -OCH3 is 1. The first-order valence-electron chi connectivity index (χ1n) is 6.42. The van der Waals surface area contributed by atoms with E-state index < -0.39 is 5.97 Å². The van der Waals surface area contributed by atoms with Gasteiger partial charge in [-0.2, -0.15) is 0 Å². The first kappa shape index (κ1) is 16.5. The smallest absolute Gasteiger partial charge is 0.339 e. The number of rotatable bonds is 5. The van der Waals surface area contributed by atoms with Crippen LogP contribution in [0.4, 0.5) is 5.13 Å². The molecule has 0 aliphatic heterocycles. The number of ether oxygens (including phenoxy) is 1. The summed E-state index contributed by atoms with van der Waals surface area (Å²) in [7, 11) is 1.31. The Labute approximate surface area is 135 Å². The Morgan fingerprint density at radius 2 is 2.05 bits per heavy atom. The maximum atomic E-state index is 12.6. The summed E-state index contributed by atoms with van der Waals surface area (Å²) in [5, 5.41) is 7.59. The number of aromatic amines is 1. The highest BCUT2D eigenvalue weighted by Gasteiger charge is 2.26. The van der Waals surface area contributed by atoms with Crippen molar-refractivity contribution in [2.24, 2.45) is 0 Å². The lowest BCUT2D eigenvalue weighted by molar-refractivity contribution is 0.0599. The van der Waals surface area contributed by atoms with Crippen LogP contribution in [0.25, 0.3) is 0 Å². The van der Waals surface area contributed by atoms with Crippen molar-refractivity contribution >= 4 is 40.0 Å². The van der Waals surface area contributed by atoms with Crippen molar-refractivity contribution in [1.82, 2.24) is 15.2 Å². The number of thioether (sulfide) groups is 1. The van der Waals surface area contributed by atoms with E-state index >= 15 is 0 Å². The zero-order valence-electron chi connectivity index (χ0n) is 12.6. The molecule has 7 nitrogen and oxygen atoms in total. The van der Waals surface area contributed by atoms with Crippen LogP contribution in [0.2, 0.25) is 0 Å². The lowest BCUT2D eigenvalue weighted by Crippen LogP contribution is -2.15. The molecule has 0 aliphatic rings. The fraction of sp³-hybridized carbons (Fsp3) is 0.385. The van der Waals surface area contributed by atoms with Crippen LogP contribution in [0.5, 0.6) is 0 Å². The summed E-state index contributed by atoms with van der Waals surface area (Å²) in [6.45, 7) is 5.24. The average Bonchev–Trinajstić information content (AvgIpc) is 3.00. The summed E-state index contributed by atoms with van der Waals surface area (Å²) in [5.41, 5.74) is 7.56. The minimum absolute atomic E-state index is 0.116. The maximum Gasteiger partial charge on any atom is 0.339 e. The van der Waals surface area contributed by atoms with E-state index in [-0.39, 0.29) is 11.0 Å². The quantitative estimate of drug-likeness (QED) is 0.487. The molecule has 1 atom stereocenters. The molecule has 0 amide bonds. The summed E-state index contributed by atoms with van der Waals surface area (Å²) in [6, 6.07) is 0. The number of aryl methyl sites for hydroxylation is 1. The third-order valence-corrected chi connectivity index (χ3v) is 5.08. The van der Waals surface area contributed by atoms with Crippen LogP contribution in [0.15, 0.2) is 4.34 Å². The van der Waals surface area contributed by atoms with Crippen molar-refractivity contribution < 1.29 is 14.3 Å². The van der Waals surface area contributed by atoms with E-state index in [2.05, 4.69) is 15.2 Å². The average molecular weight is 340 g/mol. The molecule has 0 saturated carbocycles. The number of hydrogen-bond donors (Lipinski definition) is 2. The normalized spacial score (nSPS) is 12.2.